The minimum Gasteiger partial charge on any atom is -0.313 e. The van der Waals surface area contributed by atoms with Crippen molar-refractivity contribution in [3.05, 3.63) is 35.9 Å². The molecule has 2 heterocycles. The number of rotatable bonds is 8. The highest BCUT2D eigenvalue weighted by Crippen LogP contribution is 2.36. The molecule has 0 aromatic heterocycles. The van der Waals surface area contributed by atoms with Crippen molar-refractivity contribution in [2.45, 2.75) is 57.0 Å². The van der Waals surface area contributed by atoms with Gasteiger partial charge in [-0.05, 0) is 30.7 Å². The van der Waals surface area contributed by atoms with Crippen molar-refractivity contribution in [2.75, 3.05) is 13.1 Å². The Labute approximate surface area is 123 Å². The van der Waals surface area contributed by atoms with E-state index in [1.807, 2.05) is 0 Å². The van der Waals surface area contributed by atoms with Crippen molar-refractivity contribution < 1.29 is 0 Å². The molecule has 0 bridgehead atoms. The minimum absolute atomic E-state index is 0.473. The van der Waals surface area contributed by atoms with Gasteiger partial charge in [-0.3, -0.25) is 0 Å². The standard InChI is InChI=1S/C18H28N2/c1-2-3-7-16(12-15-8-5-4-6-9-15)10-11-18-14-19-13-17(18)20-18/h4-6,8-9,16-17,19-20H,2-3,7,10-14H2,1H3. The number of unbranched alkanes of at least 4 members (excludes halogenated alkanes) is 1. The molecular formula is C18H28N2. The van der Waals surface area contributed by atoms with E-state index in [1.165, 1.54) is 57.2 Å². The fraction of sp³-hybridized carbons (Fsp3) is 0.667. The molecule has 20 heavy (non-hydrogen) atoms. The summed E-state index contributed by atoms with van der Waals surface area (Å²) in [5.74, 6) is 0.857. The van der Waals surface area contributed by atoms with Crippen molar-refractivity contribution in [3.63, 3.8) is 0 Å². The van der Waals surface area contributed by atoms with Crippen LogP contribution >= 0.6 is 0 Å². The molecule has 1 aromatic rings. The molecular weight excluding hydrogens is 244 g/mol. The lowest BCUT2D eigenvalue weighted by Crippen LogP contribution is -2.28. The lowest BCUT2D eigenvalue weighted by atomic mass is 9.87. The quantitative estimate of drug-likeness (QED) is 0.713. The normalized spacial score (nSPS) is 29.1. The Morgan fingerprint density at radius 1 is 1.25 bits per heavy atom. The van der Waals surface area contributed by atoms with Gasteiger partial charge in [0.2, 0.25) is 0 Å². The van der Waals surface area contributed by atoms with E-state index in [2.05, 4.69) is 47.9 Å². The zero-order valence-electron chi connectivity index (χ0n) is 12.7. The highest BCUT2D eigenvalue weighted by molar-refractivity contribution is 5.21. The van der Waals surface area contributed by atoms with Crippen LogP contribution in [-0.4, -0.2) is 24.7 Å². The van der Waals surface area contributed by atoms with E-state index in [-0.39, 0.29) is 0 Å². The van der Waals surface area contributed by atoms with Crippen LogP contribution in [0.4, 0.5) is 0 Å². The second-order valence-corrected chi connectivity index (χ2v) is 6.72. The molecule has 0 radical (unpaired) electrons. The smallest absolute Gasteiger partial charge is 0.0477 e. The monoisotopic (exact) mass is 272 g/mol. The van der Waals surface area contributed by atoms with Crippen molar-refractivity contribution >= 4 is 0 Å². The second kappa shape index (κ2) is 6.28. The van der Waals surface area contributed by atoms with Crippen LogP contribution in [0.5, 0.6) is 0 Å². The molecule has 3 rings (SSSR count). The summed E-state index contributed by atoms with van der Waals surface area (Å²) in [6.07, 6.45) is 8.07. The van der Waals surface area contributed by atoms with Crippen LogP contribution in [0, 0.1) is 5.92 Å². The van der Waals surface area contributed by atoms with Gasteiger partial charge < -0.3 is 10.6 Å². The average Bonchev–Trinajstić information content (AvgIpc) is 3.04. The molecule has 1 aromatic carbocycles. The van der Waals surface area contributed by atoms with Crippen LogP contribution in [0.25, 0.3) is 0 Å². The van der Waals surface area contributed by atoms with E-state index in [0.717, 1.165) is 12.0 Å². The molecule has 0 saturated carbocycles. The van der Waals surface area contributed by atoms with Crippen LogP contribution in [0.2, 0.25) is 0 Å². The fourth-order valence-electron chi connectivity index (χ4n) is 3.75. The summed E-state index contributed by atoms with van der Waals surface area (Å²) in [6.45, 7) is 4.67. The summed E-state index contributed by atoms with van der Waals surface area (Å²) in [5.41, 5.74) is 1.98. The van der Waals surface area contributed by atoms with Gasteiger partial charge in [0.1, 0.15) is 0 Å². The summed E-state index contributed by atoms with van der Waals surface area (Å²) < 4.78 is 0. The zero-order valence-corrected chi connectivity index (χ0v) is 12.7. The van der Waals surface area contributed by atoms with E-state index in [0.29, 0.717) is 5.54 Å². The Morgan fingerprint density at radius 3 is 2.75 bits per heavy atom. The third-order valence-electron chi connectivity index (χ3n) is 5.17. The fourth-order valence-corrected chi connectivity index (χ4v) is 3.75. The van der Waals surface area contributed by atoms with Gasteiger partial charge in [0, 0.05) is 24.7 Å². The van der Waals surface area contributed by atoms with E-state index in [1.54, 1.807) is 0 Å². The van der Waals surface area contributed by atoms with Gasteiger partial charge in [-0.2, -0.15) is 0 Å². The maximum Gasteiger partial charge on any atom is 0.0477 e. The molecule has 0 aliphatic carbocycles. The SMILES string of the molecule is CCCCC(CCC12CNCC1N2)Cc1ccccc1. The molecule has 2 N–H and O–H groups in total. The molecule has 3 unspecified atom stereocenters. The van der Waals surface area contributed by atoms with E-state index in [9.17, 15) is 0 Å². The molecule has 2 aliphatic heterocycles. The third-order valence-corrected chi connectivity index (χ3v) is 5.17. The number of fused-ring (bicyclic) bond motifs is 1. The third kappa shape index (κ3) is 3.24. The van der Waals surface area contributed by atoms with Gasteiger partial charge >= 0.3 is 0 Å². The Balaban J connectivity index is 1.52. The first-order valence-corrected chi connectivity index (χ1v) is 8.35. The Morgan fingerprint density at radius 2 is 2.10 bits per heavy atom. The second-order valence-electron chi connectivity index (χ2n) is 6.72. The van der Waals surface area contributed by atoms with Crippen LogP contribution in [0.15, 0.2) is 30.3 Å². The number of piperazine rings is 1. The molecule has 2 fully saturated rings. The van der Waals surface area contributed by atoms with Gasteiger partial charge in [0.15, 0.2) is 0 Å². The van der Waals surface area contributed by atoms with Gasteiger partial charge in [-0.15, -0.1) is 0 Å². The number of nitrogens with one attached hydrogen (secondary N) is 2. The molecule has 2 heteroatoms. The molecule has 3 atom stereocenters. The van der Waals surface area contributed by atoms with Crippen LogP contribution in [0.1, 0.15) is 44.6 Å². The molecule has 2 saturated heterocycles. The number of hydrogen-bond donors (Lipinski definition) is 2. The zero-order chi connectivity index (χ0) is 13.8. The molecule has 2 aliphatic rings. The summed E-state index contributed by atoms with van der Waals surface area (Å²) in [5, 5.41) is 7.21. The Kier molecular flexibility index (Phi) is 4.42. The van der Waals surface area contributed by atoms with Gasteiger partial charge in [0.05, 0.1) is 0 Å². The van der Waals surface area contributed by atoms with Crippen LogP contribution in [0.3, 0.4) is 0 Å². The minimum atomic E-state index is 0.473. The van der Waals surface area contributed by atoms with E-state index in [4.69, 9.17) is 0 Å². The van der Waals surface area contributed by atoms with Crippen molar-refractivity contribution in [2.24, 2.45) is 5.92 Å². The highest BCUT2D eigenvalue weighted by atomic mass is 15.3. The van der Waals surface area contributed by atoms with E-state index < -0.39 is 0 Å². The maximum absolute atomic E-state index is 3.69. The van der Waals surface area contributed by atoms with Crippen LogP contribution in [-0.2, 0) is 6.42 Å². The first-order valence-electron chi connectivity index (χ1n) is 8.35. The lowest BCUT2D eigenvalue weighted by molar-refractivity contribution is 0.390. The number of benzene rings is 1. The summed E-state index contributed by atoms with van der Waals surface area (Å²) in [7, 11) is 0. The van der Waals surface area contributed by atoms with Crippen molar-refractivity contribution in [1.29, 1.82) is 0 Å². The van der Waals surface area contributed by atoms with Gasteiger partial charge in [-0.25, -0.2) is 0 Å². The first-order chi connectivity index (χ1) is 9.82. The Hall–Kier alpha value is -0.860. The maximum atomic E-state index is 3.69. The van der Waals surface area contributed by atoms with Gasteiger partial charge in [0.25, 0.3) is 0 Å². The molecule has 0 amide bonds. The molecule has 2 nitrogen and oxygen atoms in total. The summed E-state index contributed by atoms with van der Waals surface area (Å²) in [6, 6.07) is 11.8. The largest absolute Gasteiger partial charge is 0.313 e. The molecule has 0 spiro atoms. The highest BCUT2D eigenvalue weighted by Gasteiger charge is 2.55. The van der Waals surface area contributed by atoms with Crippen molar-refractivity contribution in [1.82, 2.24) is 10.6 Å². The van der Waals surface area contributed by atoms with E-state index >= 15 is 0 Å². The topological polar surface area (TPSA) is 34.0 Å². The lowest BCUT2D eigenvalue weighted by Gasteiger charge is -2.19. The van der Waals surface area contributed by atoms with Crippen LogP contribution < -0.4 is 10.6 Å². The number of hydrogen-bond acceptors (Lipinski definition) is 2. The summed E-state index contributed by atoms with van der Waals surface area (Å²) >= 11 is 0. The first kappa shape index (κ1) is 14.1. The van der Waals surface area contributed by atoms with Crippen molar-refractivity contribution in [3.8, 4) is 0 Å². The predicted molar refractivity (Wildman–Crippen MR) is 84.9 cm³/mol. The summed E-state index contributed by atoms with van der Waals surface area (Å²) in [4.78, 5) is 0. The van der Waals surface area contributed by atoms with Gasteiger partial charge in [-0.1, -0.05) is 56.5 Å². The average molecular weight is 272 g/mol. The molecule has 110 valence electrons. The predicted octanol–water partition coefficient (Wildman–Crippen LogP) is 3.13. The Bertz CT molecular complexity index is 417.